The average Bonchev–Trinajstić information content (AvgIpc) is 2.41. The lowest BCUT2D eigenvalue weighted by Crippen LogP contribution is -2.41. The largest absolute Gasteiger partial charge is 0.494 e. The van der Waals surface area contributed by atoms with E-state index >= 15 is 0 Å². The Hall–Kier alpha value is -0.265. The van der Waals surface area contributed by atoms with Crippen molar-refractivity contribution in [2.45, 2.75) is 38.9 Å². The van der Waals surface area contributed by atoms with Gasteiger partial charge in [0.1, 0.15) is 0 Å². The van der Waals surface area contributed by atoms with Gasteiger partial charge in [-0.15, -0.1) is 0 Å². The fraction of sp³-hybridized carbons (Fsp3) is 0.500. The lowest BCUT2D eigenvalue weighted by molar-refractivity contribution is 0.00578. The number of hydrogen-bond donors (Lipinski definition) is 1. The molecule has 0 saturated carbocycles. The molecule has 1 aromatic carbocycles. The highest BCUT2D eigenvalue weighted by atomic mass is 127. The van der Waals surface area contributed by atoms with Gasteiger partial charge in [-0.25, -0.2) is 0 Å². The van der Waals surface area contributed by atoms with Crippen LogP contribution in [0.5, 0.6) is 0 Å². The van der Waals surface area contributed by atoms with Crippen LogP contribution >= 0.6 is 22.6 Å². The van der Waals surface area contributed by atoms with E-state index in [9.17, 15) is 0 Å². The Morgan fingerprint density at radius 2 is 1.65 bits per heavy atom. The van der Waals surface area contributed by atoms with E-state index in [0.717, 1.165) is 14.7 Å². The van der Waals surface area contributed by atoms with Crippen molar-refractivity contribution in [2.75, 3.05) is 5.73 Å². The Morgan fingerprint density at radius 3 is 2.12 bits per heavy atom. The van der Waals surface area contributed by atoms with Crippen molar-refractivity contribution in [3.63, 3.8) is 0 Å². The Labute approximate surface area is 116 Å². The molecule has 2 N–H and O–H groups in total. The Kier molecular flexibility index (Phi) is 3.21. The summed E-state index contributed by atoms with van der Waals surface area (Å²) >= 11 is 2.22. The normalized spacial score (nSPS) is 21.8. The summed E-state index contributed by atoms with van der Waals surface area (Å²) in [5, 5.41) is 0. The van der Waals surface area contributed by atoms with Gasteiger partial charge in [-0.2, -0.15) is 0 Å². The summed E-state index contributed by atoms with van der Waals surface area (Å²) < 4.78 is 13.0. The van der Waals surface area contributed by atoms with E-state index in [1.165, 1.54) is 0 Å². The van der Waals surface area contributed by atoms with Crippen molar-refractivity contribution in [2.24, 2.45) is 0 Å². The van der Waals surface area contributed by atoms with Gasteiger partial charge in [0.25, 0.3) is 0 Å². The summed E-state index contributed by atoms with van der Waals surface area (Å²) in [6, 6.07) is 5.86. The zero-order valence-electron chi connectivity index (χ0n) is 10.6. The number of anilines is 1. The molecule has 1 heterocycles. The maximum absolute atomic E-state index is 5.98. The second kappa shape index (κ2) is 4.14. The third kappa shape index (κ3) is 2.32. The van der Waals surface area contributed by atoms with Gasteiger partial charge in [0, 0.05) is 9.26 Å². The second-order valence-corrected chi connectivity index (χ2v) is 6.53. The minimum Gasteiger partial charge on any atom is -0.399 e. The minimum atomic E-state index is -0.311. The minimum absolute atomic E-state index is 0.301. The fourth-order valence-corrected chi connectivity index (χ4v) is 2.21. The number of nitrogens with two attached hydrogens (primary N) is 1. The van der Waals surface area contributed by atoms with Gasteiger partial charge in [-0.1, -0.05) is 6.07 Å². The molecule has 0 bridgehead atoms. The molecule has 1 aromatic rings. The van der Waals surface area contributed by atoms with Crippen LogP contribution in [0.1, 0.15) is 27.7 Å². The number of halogens is 1. The molecule has 0 aliphatic carbocycles. The van der Waals surface area contributed by atoms with E-state index in [1.54, 1.807) is 0 Å². The van der Waals surface area contributed by atoms with Gasteiger partial charge in [0.2, 0.25) is 0 Å². The molecule has 0 aromatic heterocycles. The van der Waals surface area contributed by atoms with Crippen LogP contribution < -0.4 is 11.2 Å². The molecule has 92 valence electrons. The Bertz CT molecular complexity index is 432. The number of benzene rings is 1. The van der Waals surface area contributed by atoms with Gasteiger partial charge < -0.3 is 15.0 Å². The monoisotopic (exact) mass is 345 g/mol. The standard InChI is InChI=1S/C12H17BINO2/c1-11(2)12(3,4)17-13(16-11)8-5-6-10(15)9(14)7-8/h5-7H,15H2,1-4H3. The predicted molar refractivity (Wildman–Crippen MR) is 79.3 cm³/mol. The van der Waals surface area contributed by atoms with E-state index in [2.05, 4.69) is 50.3 Å². The molecule has 2 rings (SSSR count). The zero-order valence-corrected chi connectivity index (χ0v) is 12.7. The fourth-order valence-electron chi connectivity index (χ4n) is 1.67. The molecule has 0 amide bonds. The maximum atomic E-state index is 5.98. The SMILES string of the molecule is CC1(C)OB(c2ccc(N)c(I)c2)OC1(C)C. The van der Waals surface area contributed by atoms with Gasteiger partial charge in [0.05, 0.1) is 11.2 Å². The third-order valence-electron chi connectivity index (χ3n) is 3.55. The molecule has 5 heteroatoms. The topological polar surface area (TPSA) is 44.5 Å². The molecule has 0 spiro atoms. The summed E-state index contributed by atoms with van der Waals surface area (Å²) in [6.45, 7) is 8.20. The average molecular weight is 345 g/mol. The number of nitrogen functional groups attached to an aromatic ring is 1. The van der Waals surface area contributed by atoms with Crippen LogP contribution in [-0.4, -0.2) is 18.3 Å². The lowest BCUT2D eigenvalue weighted by Gasteiger charge is -2.32. The van der Waals surface area contributed by atoms with Crippen molar-refractivity contribution >= 4 is 40.9 Å². The second-order valence-electron chi connectivity index (χ2n) is 5.37. The van der Waals surface area contributed by atoms with Crippen LogP contribution in [0.25, 0.3) is 0 Å². The van der Waals surface area contributed by atoms with E-state index in [-0.39, 0.29) is 18.3 Å². The van der Waals surface area contributed by atoms with Crippen LogP contribution in [0.2, 0.25) is 0 Å². The van der Waals surface area contributed by atoms with Crippen molar-refractivity contribution in [3.8, 4) is 0 Å². The molecule has 0 unspecified atom stereocenters. The lowest BCUT2D eigenvalue weighted by atomic mass is 9.79. The molecule has 0 radical (unpaired) electrons. The van der Waals surface area contributed by atoms with Gasteiger partial charge in [0.15, 0.2) is 0 Å². The van der Waals surface area contributed by atoms with E-state index in [1.807, 2.05) is 18.2 Å². The third-order valence-corrected chi connectivity index (χ3v) is 4.48. The van der Waals surface area contributed by atoms with E-state index in [4.69, 9.17) is 15.0 Å². The van der Waals surface area contributed by atoms with Crippen molar-refractivity contribution < 1.29 is 9.31 Å². The van der Waals surface area contributed by atoms with E-state index < -0.39 is 0 Å². The molecule has 17 heavy (non-hydrogen) atoms. The van der Waals surface area contributed by atoms with Crippen molar-refractivity contribution in [3.05, 3.63) is 21.8 Å². The molecule has 1 aliphatic rings. The van der Waals surface area contributed by atoms with Crippen LogP contribution in [-0.2, 0) is 9.31 Å². The highest BCUT2D eigenvalue weighted by Gasteiger charge is 2.51. The van der Waals surface area contributed by atoms with Crippen molar-refractivity contribution in [1.82, 2.24) is 0 Å². The molecule has 0 atom stereocenters. The number of rotatable bonds is 1. The van der Waals surface area contributed by atoms with Crippen molar-refractivity contribution in [1.29, 1.82) is 0 Å². The summed E-state index contributed by atoms with van der Waals surface area (Å²) in [5.74, 6) is 0. The highest BCUT2D eigenvalue weighted by molar-refractivity contribution is 14.1. The summed E-state index contributed by atoms with van der Waals surface area (Å²) in [5.41, 5.74) is 7.00. The first kappa shape index (κ1) is 13.2. The van der Waals surface area contributed by atoms with Gasteiger partial charge >= 0.3 is 7.12 Å². The van der Waals surface area contributed by atoms with Crippen LogP contribution in [0.4, 0.5) is 5.69 Å². The first-order chi connectivity index (χ1) is 7.73. The molecule has 1 aliphatic heterocycles. The molecular weight excluding hydrogens is 328 g/mol. The zero-order chi connectivity index (χ0) is 12.8. The smallest absolute Gasteiger partial charge is 0.399 e. The summed E-state index contributed by atoms with van der Waals surface area (Å²) in [7, 11) is -0.311. The molecule has 3 nitrogen and oxygen atoms in total. The number of hydrogen-bond acceptors (Lipinski definition) is 3. The maximum Gasteiger partial charge on any atom is 0.494 e. The Balaban J connectivity index is 2.29. The highest BCUT2D eigenvalue weighted by Crippen LogP contribution is 2.36. The quantitative estimate of drug-likeness (QED) is 0.482. The van der Waals surface area contributed by atoms with Gasteiger partial charge in [-0.3, -0.25) is 0 Å². The van der Waals surface area contributed by atoms with Crippen LogP contribution in [0.15, 0.2) is 18.2 Å². The molecule has 1 saturated heterocycles. The first-order valence-corrected chi connectivity index (χ1v) is 6.71. The molecule has 1 fully saturated rings. The summed E-state index contributed by atoms with van der Waals surface area (Å²) in [6.07, 6.45) is 0. The summed E-state index contributed by atoms with van der Waals surface area (Å²) in [4.78, 5) is 0. The predicted octanol–water partition coefficient (Wildman–Crippen LogP) is 2.17. The van der Waals surface area contributed by atoms with Crippen LogP contribution in [0.3, 0.4) is 0 Å². The Morgan fingerprint density at radius 1 is 1.12 bits per heavy atom. The van der Waals surface area contributed by atoms with E-state index in [0.29, 0.717) is 0 Å². The van der Waals surface area contributed by atoms with Gasteiger partial charge in [-0.05, 0) is 67.9 Å². The first-order valence-electron chi connectivity index (χ1n) is 5.63. The molecular formula is C12H17BINO2. The van der Waals surface area contributed by atoms with Crippen LogP contribution in [0, 0.1) is 3.57 Å².